The molecule has 1 N–H and O–H groups in total. The number of nitro benzene ring substituents is 1. The van der Waals surface area contributed by atoms with Crippen LogP contribution in [0.5, 0.6) is 0 Å². The molecule has 0 heterocycles. The van der Waals surface area contributed by atoms with E-state index in [1.54, 1.807) is 6.07 Å². The molecular weight excluding hydrogens is 278 g/mol. The van der Waals surface area contributed by atoms with Gasteiger partial charge in [-0.3, -0.25) is 10.1 Å². The van der Waals surface area contributed by atoms with Crippen LogP contribution >= 0.6 is 11.6 Å². The topological polar surface area (TPSA) is 58.4 Å². The Morgan fingerprint density at radius 2 is 2.05 bits per heavy atom. The number of halogens is 1. The highest BCUT2D eigenvalue weighted by Gasteiger charge is 2.08. The van der Waals surface area contributed by atoms with Crippen molar-refractivity contribution in [2.24, 2.45) is 0 Å². The molecule has 0 saturated heterocycles. The Balaban J connectivity index is 2.34. The highest BCUT2D eigenvalue weighted by molar-refractivity contribution is 6.31. The molecule has 0 radical (unpaired) electrons. The molecule has 0 saturated carbocycles. The zero-order valence-electron chi connectivity index (χ0n) is 12.1. The second-order valence-electron chi connectivity index (χ2n) is 4.59. The van der Waals surface area contributed by atoms with E-state index in [0.717, 1.165) is 38.2 Å². The van der Waals surface area contributed by atoms with Gasteiger partial charge in [0.15, 0.2) is 0 Å². The van der Waals surface area contributed by atoms with Crippen molar-refractivity contribution in [1.82, 2.24) is 10.2 Å². The van der Waals surface area contributed by atoms with E-state index in [1.165, 1.54) is 12.1 Å². The summed E-state index contributed by atoms with van der Waals surface area (Å²) in [5.41, 5.74) is 0.917. The Kier molecular flexibility index (Phi) is 7.51. The summed E-state index contributed by atoms with van der Waals surface area (Å²) >= 11 is 6.03. The normalized spacial score (nSPS) is 11.0. The molecule has 0 amide bonds. The maximum atomic E-state index is 10.6. The van der Waals surface area contributed by atoms with Crippen LogP contribution in [0.25, 0.3) is 0 Å². The number of hydrogen-bond donors (Lipinski definition) is 1. The largest absolute Gasteiger partial charge is 0.313 e. The summed E-state index contributed by atoms with van der Waals surface area (Å²) < 4.78 is 0. The lowest BCUT2D eigenvalue weighted by Gasteiger charge is -2.17. The van der Waals surface area contributed by atoms with Gasteiger partial charge in [-0.05, 0) is 44.2 Å². The highest BCUT2D eigenvalue weighted by Crippen LogP contribution is 2.22. The minimum absolute atomic E-state index is 0.0280. The standard InChI is InChI=1S/C14H22ClN3O2/c1-3-17(4-2)9-5-8-16-11-12-6-7-13(18(19)20)10-14(12)15/h6-7,10,16H,3-5,8-9,11H2,1-2H3. The van der Waals surface area contributed by atoms with Crippen molar-refractivity contribution in [2.45, 2.75) is 26.8 Å². The zero-order valence-corrected chi connectivity index (χ0v) is 12.8. The van der Waals surface area contributed by atoms with Crippen LogP contribution in [-0.2, 0) is 6.54 Å². The van der Waals surface area contributed by atoms with Crippen molar-refractivity contribution in [3.8, 4) is 0 Å². The van der Waals surface area contributed by atoms with Crippen molar-refractivity contribution < 1.29 is 4.92 Å². The average molecular weight is 300 g/mol. The van der Waals surface area contributed by atoms with E-state index in [4.69, 9.17) is 11.6 Å². The molecule has 0 spiro atoms. The van der Waals surface area contributed by atoms with Crippen LogP contribution in [0.4, 0.5) is 5.69 Å². The van der Waals surface area contributed by atoms with Gasteiger partial charge in [0.1, 0.15) is 0 Å². The summed E-state index contributed by atoms with van der Waals surface area (Å²) in [4.78, 5) is 12.5. The molecule has 0 aromatic heterocycles. The smallest absolute Gasteiger partial charge is 0.270 e. The van der Waals surface area contributed by atoms with Gasteiger partial charge in [-0.25, -0.2) is 0 Å². The molecule has 0 fully saturated rings. The van der Waals surface area contributed by atoms with Gasteiger partial charge < -0.3 is 10.2 Å². The minimum atomic E-state index is -0.437. The molecular formula is C14H22ClN3O2. The van der Waals surface area contributed by atoms with E-state index < -0.39 is 4.92 Å². The maximum Gasteiger partial charge on any atom is 0.270 e. The lowest BCUT2D eigenvalue weighted by molar-refractivity contribution is -0.384. The van der Waals surface area contributed by atoms with Crippen LogP contribution in [-0.4, -0.2) is 36.0 Å². The van der Waals surface area contributed by atoms with Crippen molar-refractivity contribution in [2.75, 3.05) is 26.2 Å². The third kappa shape index (κ3) is 5.45. The fraction of sp³-hybridized carbons (Fsp3) is 0.571. The van der Waals surface area contributed by atoms with Crippen molar-refractivity contribution in [3.63, 3.8) is 0 Å². The average Bonchev–Trinajstić information content (AvgIpc) is 2.44. The first-order valence-electron chi connectivity index (χ1n) is 6.94. The van der Waals surface area contributed by atoms with Crippen molar-refractivity contribution in [1.29, 1.82) is 0 Å². The Labute approximate surface area is 125 Å². The predicted molar refractivity (Wildman–Crippen MR) is 82.2 cm³/mol. The lowest BCUT2D eigenvalue weighted by Crippen LogP contribution is -2.27. The third-order valence-electron chi connectivity index (χ3n) is 3.29. The first-order valence-corrected chi connectivity index (χ1v) is 7.32. The third-order valence-corrected chi connectivity index (χ3v) is 3.64. The Bertz CT molecular complexity index is 436. The first kappa shape index (κ1) is 16.9. The Morgan fingerprint density at radius 1 is 1.35 bits per heavy atom. The molecule has 1 aromatic carbocycles. The van der Waals surface area contributed by atoms with Gasteiger partial charge in [0, 0.05) is 18.7 Å². The van der Waals surface area contributed by atoms with Gasteiger partial charge in [-0.2, -0.15) is 0 Å². The molecule has 5 nitrogen and oxygen atoms in total. The van der Waals surface area contributed by atoms with E-state index in [2.05, 4.69) is 24.1 Å². The van der Waals surface area contributed by atoms with Gasteiger partial charge in [0.25, 0.3) is 5.69 Å². The van der Waals surface area contributed by atoms with Crippen molar-refractivity contribution in [3.05, 3.63) is 38.9 Å². The molecule has 0 aliphatic carbocycles. The Hall–Kier alpha value is -1.17. The van der Waals surface area contributed by atoms with E-state index in [9.17, 15) is 10.1 Å². The van der Waals surface area contributed by atoms with E-state index in [1.807, 2.05) is 0 Å². The molecule has 20 heavy (non-hydrogen) atoms. The molecule has 112 valence electrons. The van der Waals surface area contributed by atoms with Gasteiger partial charge in [0.2, 0.25) is 0 Å². The molecule has 0 bridgehead atoms. The number of rotatable bonds is 9. The van der Waals surface area contributed by atoms with Crippen LogP contribution in [0.15, 0.2) is 18.2 Å². The summed E-state index contributed by atoms with van der Waals surface area (Å²) in [5, 5.41) is 14.4. The van der Waals surface area contributed by atoms with E-state index in [-0.39, 0.29) is 5.69 Å². The SMILES string of the molecule is CCN(CC)CCCNCc1ccc([N+](=O)[O-])cc1Cl. The van der Waals surface area contributed by atoms with E-state index in [0.29, 0.717) is 11.6 Å². The van der Waals surface area contributed by atoms with Crippen LogP contribution in [0.2, 0.25) is 5.02 Å². The monoisotopic (exact) mass is 299 g/mol. The number of nitrogens with one attached hydrogen (secondary N) is 1. The molecule has 1 rings (SSSR count). The number of nitrogens with zero attached hydrogens (tertiary/aromatic N) is 2. The van der Waals surface area contributed by atoms with Crippen LogP contribution < -0.4 is 5.32 Å². The van der Waals surface area contributed by atoms with Crippen LogP contribution in [0, 0.1) is 10.1 Å². The summed E-state index contributed by atoms with van der Waals surface area (Å²) in [5.74, 6) is 0. The summed E-state index contributed by atoms with van der Waals surface area (Å²) in [6.07, 6.45) is 1.08. The van der Waals surface area contributed by atoms with Gasteiger partial charge in [0.05, 0.1) is 9.95 Å². The zero-order chi connectivity index (χ0) is 15.0. The second kappa shape index (κ2) is 8.89. The molecule has 0 atom stereocenters. The van der Waals surface area contributed by atoms with Gasteiger partial charge in [-0.1, -0.05) is 25.4 Å². The summed E-state index contributed by atoms with van der Waals surface area (Å²) in [6.45, 7) is 9.09. The van der Waals surface area contributed by atoms with Gasteiger partial charge >= 0.3 is 0 Å². The minimum Gasteiger partial charge on any atom is -0.313 e. The first-order chi connectivity index (χ1) is 9.58. The quantitative estimate of drug-likeness (QED) is 0.432. The Morgan fingerprint density at radius 3 is 2.60 bits per heavy atom. The fourth-order valence-electron chi connectivity index (χ4n) is 1.98. The predicted octanol–water partition coefficient (Wildman–Crippen LogP) is 3.07. The summed E-state index contributed by atoms with van der Waals surface area (Å²) in [6, 6.07) is 4.59. The summed E-state index contributed by atoms with van der Waals surface area (Å²) in [7, 11) is 0. The number of nitro groups is 1. The lowest BCUT2D eigenvalue weighted by atomic mass is 10.2. The fourth-order valence-corrected chi connectivity index (χ4v) is 2.23. The number of hydrogen-bond acceptors (Lipinski definition) is 4. The van der Waals surface area contributed by atoms with Gasteiger partial charge in [-0.15, -0.1) is 0 Å². The number of benzene rings is 1. The molecule has 0 aliphatic rings. The maximum absolute atomic E-state index is 10.6. The second-order valence-corrected chi connectivity index (χ2v) is 5.00. The van der Waals surface area contributed by atoms with Crippen molar-refractivity contribution >= 4 is 17.3 Å². The molecule has 0 aliphatic heterocycles. The molecule has 0 unspecified atom stereocenters. The number of non-ortho nitro benzene ring substituents is 1. The van der Waals surface area contributed by atoms with Crippen LogP contribution in [0.3, 0.4) is 0 Å². The molecule has 1 aromatic rings. The highest BCUT2D eigenvalue weighted by atomic mass is 35.5. The van der Waals surface area contributed by atoms with Crippen LogP contribution in [0.1, 0.15) is 25.8 Å². The van der Waals surface area contributed by atoms with E-state index >= 15 is 0 Å². The molecule has 6 heteroatoms.